The Morgan fingerprint density at radius 3 is 3.00 bits per heavy atom. The molecule has 3 nitrogen and oxygen atoms in total. The van der Waals surface area contributed by atoms with E-state index in [2.05, 4.69) is 21.9 Å². The van der Waals surface area contributed by atoms with Crippen molar-refractivity contribution in [3.8, 4) is 12.3 Å². The first kappa shape index (κ1) is 12.2. The van der Waals surface area contributed by atoms with Gasteiger partial charge in [0.15, 0.2) is 0 Å². The molecule has 4 heterocycles. The summed E-state index contributed by atoms with van der Waals surface area (Å²) in [5.74, 6) is 2.49. The fraction of sp³-hybridized carbons (Fsp3) is 0.600. The fourth-order valence-electron chi connectivity index (χ4n) is 4.20. The second kappa shape index (κ2) is 3.95. The van der Waals surface area contributed by atoms with E-state index in [1.54, 1.807) is 6.08 Å². The number of terminal acetylenes is 1. The lowest BCUT2D eigenvalue weighted by Gasteiger charge is -2.29. The van der Waals surface area contributed by atoms with Crippen LogP contribution in [-0.4, -0.2) is 30.2 Å². The van der Waals surface area contributed by atoms with E-state index in [-0.39, 0.29) is 30.3 Å². The van der Waals surface area contributed by atoms with Gasteiger partial charge >= 0.3 is 0 Å². The summed E-state index contributed by atoms with van der Waals surface area (Å²) >= 11 is 3.62. The first-order chi connectivity index (χ1) is 9.21. The van der Waals surface area contributed by atoms with Gasteiger partial charge in [0.1, 0.15) is 0 Å². The van der Waals surface area contributed by atoms with Crippen molar-refractivity contribution in [2.75, 3.05) is 0 Å². The molecule has 4 aliphatic heterocycles. The molecule has 0 N–H and O–H groups in total. The number of halogens is 1. The third-order valence-electron chi connectivity index (χ3n) is 4.79. The van der Waals surface area contributed by atoms with Gasteiger partial charge in [0.05, 0.1) is 34.8 Å². The van der Waals surface area contributed by atoms with Gasteiger partial charge in [0, 0.05) is 12.3 Å². The van der Waals surface area contributed by atoms with E-state index in [1.165, 1.54) is 0 Å². The molecule has 0 saturated carbocycles. The second-order valence-electron chi connectivity index (χ2n) is 5.55. The lowest BCUT2D eigenvalue weighted by Crippen LogP contribution is -2.35. The maximum Gasteiger partial charge on any atom is 0.208 e. The van der Waals surface area contributed by atoms with Crippen molar-refractivity contribution < 1.29 is 14.2 Å². The van der Waals surface area contributed by atoms with E-state index in [1.807, 2.05) is 19.1 Å². The Bertz CT molecular complexity index is 518. The number of hydrogen-bond donors (Lipinski definition) is 0. The van der Waals surface area contributed by atoms with Crippen LogP contribution < -0.4 is 0 Å². The highest BCUT2D eigenvalue weighted by Gasteiger charge is 2.75. The number of allylic oxidation sites excluding steroid dienone is 2. The van der Waals surface area contributed by atoms with Crippen LogP contribution in [0.25, 0.3) is 0 Å². The molecule has 0 spiro atoms. The molecule has 4 heteroatoms. The Hall–Kier alpha value is -0.600. The SMILES string of the molecule is C#CC=CC1OC2(C(Br)=CC)OC3CC4OC3C2C14. The molecule has 7 unspecified atom stereocenters. The third-order valence-corrected chi connectivity index (χ3v) is 5.80. The van der Waals surface area contributed by atoms with Gasteiger partial charge in [-0.05, 0) is 19.1 Å². The summed E-state index contributed by atoms with van der Waals surface area (Å²) in [5, 5.41) is 0. The normalized spacial score (nSPS) is 54.3. The van der Waals surface area contributed by atoms with Crippen LogP contribution in [0.2, 0.25) is 0 Å². The van der Waals surface area contributed by atoms with Gasteiger partial charge in [0.25, 0.3) is 0 Å². The number of fused-ring (bicyclic) bond motifs is 2. The third kappa shape index (κ3) is 1.34. The largest absolute Gasteiger partial charge is 0.371 e. The van der Waals surface area contributed by atoms with Crippen molar-refractivity contribution in [2.24, 2.45) is 11.8 Å². The number of rotatable bonds is 2. The number of ether oxygens (including phenoxy) is 3. The van der Waals surface area contributed by atoms with E-state index in [0.717, 1.165) is 10.9 Å². The van der Waals surface area contributed by atoms with Crippen molar-refractivity contribution in [3.05, 3.63) is 22.7 Å². The average Bonchev–Trinajstić information content (AvgIpc) is 3.06. The first-order valence-corrected chi connectivity index (χ1v) is 7.46. The minimum atomic E-state index is -0.663. The van der Waals surface area contributed by atoms with Gasteiger partial charge in [0.2, 0.25) is 5.79 Å². The van der Waals surface area contributed by atoms with Crippen LogP contribution in [-0.2, 0) is 14.2 Å². The molecule has 19 heavy (non-hydrogen) atoms. The summed E-state index contributed by atoms with van der Waals surface area (Å²) in [7, 11) is 0. The smallest absolute Gasteiger partial charge is 0.208 e. The van der Waals surface area contributed by atoms with Crippen LogP contribution >= 0.6 is 15.9 Å². The van der Waals surface area contributed by atoms with Crippen molar-refractivity contribution in [2.45, 2.75) is 43.5 Å². The van der Waals surface area contributed by atoms with E-state index in [4.69, 9.17) is 20.6 Å². The molecule has 0 aromatic carbocycles. The Morgan fingerprint density at radius 2 is 2.26 bits per heavy atom. The van der Waals surface area contributed by atoms with Gasteiger partial charge in [-0.15, -0.1) is 6.42 Å². The van der Waals surface area contributed by atoms with E-state index in [0.29, 0.717) is 5.92 Å². The molecule has 100 valence electrons. The minimum Gasteiger partial charge on any atom is -0.371 e. The maximum atomic E-state index is 6.26. The lowest BCUT2D eigenvalue weighted by molar-refractivity contribution is -0.196. The molecule has 0 aliphatic carbocycles. The summed E-state index contributed by atoms with van der Waals surface area (Å²) < 4.78 is 19.5. The molecule has 4 aliphatic rings. The Morgan fingerprint density at radius 1 is 1.42 bits per heavy atom. The predicted octanol–water partition coefficient (Wildman–Crippen LogP) is 2.37. The molecular formula is C15H15BrO3. The van der Waals surface area contributed by atoms with Crippen molar-refractivity contribution in [1.29, 1.82) is 0 Å². The molecule has 0 radical (unpaired) electrons. The molecule has 0 amide bonds. The Labute approximate surface area is 121 Å². The molecule has 2 bridgehead atoms. The molecule has 0 aromatic heterocycles. The maximum absolute atomic E-state index is 6.26. The quantitative estimate of drug-likeness (QED) is 0.730. The summed E-state index contributed by atoms with van der Waals surface area (Å²) in [4.78, 5) is 0. The average molecular weight is 323 g/mol. The van der Waals surface area contributed by atoms with E-state index < -0.39 is 5.79 Å². The van der Waals surface area contributed by atoms with Crippen LogP contribution in [0.5, 0.6) is 0 Å². The van der Waals surface area contributed by atoms with Crippen LogP contribution in [0.1, 0.15) is 13.3 Å². The Balaban J connectivity index is 1.78. The topological polar surface area (TPSA) is 27.7 Å². The van der Waals surface area contributed by atoms with Crippen LogP contribution in [0.15, 0.2) is 22.7 Å². The van der Waals surface area contributed by atoms with E-state index in [9.17, 15) is 0 Å². The first-order valence-electron chi connectivity index (χ1n) is 6.67. The predicted molar refractivity (Wildman–Crippen MR) is 73.4 cm³/mol. The van der Waals surface area contributed by atoms with E-state index >= 15 is 0 Å². The zero-order chi connectivity index (χ0) is 13.2. The standard InChI is InChI=1S/C15H15BrO3/c1-3-5-6-8-12-9-7-10-14(17-9)13(12)15(18-8,19-10)11(16)4-2/h1,4-6,8-10,12-14H,7H2,2H3. The van der Waals surface area contributed by atoms with Gasteiger partial charge in [-0.2, -0.15) is 0 Å². The van der Waals surface area contributed by atoms with Crippen molar-refractivity contribution in [1.82, 2.24) is 0 Å². The van der Waals surface area contributed by atoms with Crippen LogP contribution in [0.3, 0.4) is 0 Å². The molecule has 7 atom stereocenters. The Kier molecular flexibility index (Phi) is 2.53. The summed E-state index contributed by atoms with van der Waals surface area (Å²) in [6, 6.07) is 0. The van der Waals surface area contributed by atoms with Crippen LogP contribution in [0, 0.1) is 24.2 Å². The van der Waals surface area contributed by atoms with Crippen molar-refractivity contribution in [3.63, 3.8) is 0 Å². The van der Waals surface area contributed by atoms with Gasteiger partial charge in [-0.1, -0.05) is 27.9 Å². The fourth-order valence-corrected chi connectivity index (χ4v) is 4.66. The summed E-state index contributed by atoms with van der Waals surface area (Å²) in [6.45, 7) is 1.98. The molecular weight excluding hydrogens is 308 g/mol. The monoisotopic (exact) mass is 322 g/mol. The molecule has 4 rings (SSSR count). The molecule has 4 fully saturated rings. The zero-order valence-corrected chi connectivity index (χ0v) is 12.2. The van der Waals surface area contributed by atoms with Gasteiger partial charge in [-0.25, -0.2) is 0 Å². The highest BCUT2D eigenvalue weighted by Crippen LogP contribution is 2.65. The summed E-state index contributed by atoms with van der Waals surface area (Å²) in [5.41, 5.74) is 0. The molecule has 0 aromatic rings. The van der Waals surface area contributed by atoms with Gasteiger partial charge in [-0.3, -0.25) is 0 Å². The summed E-state index contributed by atoms with van der Waals surface area (Å²) in [6.07, 6.45) is 12.5. The van der Waals surface area contributed by atoms with Crippen molar-refractivity contribution >= 4 is 15.9 Å². The lowest BCUT2D eigenvalue weighted by atomic mass is 9.76. The molecule has 4 saturated heterocycles. The van der Waals surface area contributed by atoms with Gasteiger partial charge < -0.3 is 14.2 Å². The zero-order valence-electron chi connectivity index (χ0n) is 10.6. The minimum absolute atomic E-state index is 0.0233. The second-order valence-corrected chi connectivity index (χ2v) is 6.40. The van der Waals surface area contributed by atoms with Crippen LogP contribution in [0.4, 0.5) is 0 Å². The highest BCUT2D eigenvalue weighted by atomic mass is 79.9. The number of hydrogen-bond acceptors (Lipinski definition) is 3. The highest BCUT2D eigenvalue weighted by molar-refractivity contribution is 9.11.